The third kappa shape index (κ3) is 2.95. The molecule has 0 bridgehead atoms. The summed E-state index contributed by atoms with van der Waals surface area (Å²) in [6.07, 6.45) is 1.06. The second-order valence-corrected chi connectivity index (χ2v) is 5.87. The van der Waals surface area contributed by atoms with Crippen LogP contribution in [0.1, 0.15) is 27.0 Å². The zero-order valence-corrected chi connectivity index (χ0v) is 13.7. The Morgan fingerprint density at radius 3 is 2.62 bits per heavy atom. The van der Waals surface area contributed by atoms with Crippen LogP contribution < -0.4 is 4.74 Å². The van der Waals surface area contributed by atoms with Gasteiger partial charge in [-0.05, 0) is 18.1 Å². The molecule has 5 heteroatoms. The monoisotopic (exact) mass is 327 g/mol. The molecular formula is C19H21NO4. The lowest BCUT2D eigenvalue weighted by molar-refractivity contribution is 0.0780. The Morgan fingerprint density at radius 2 is 1.96 bits per heavy atom. The van der Waals surface area contributed by atoms with Gasteiger partial charge in [-0.1, -0.05) is 30.3 Å². The summed E-state index contributed by atoms with van der Waals surface area (Å²) < 4.78 is 5.28. The molecule has 0 aromatic heterocycles. The van der Waals surface area contributed by atoms with Gasteiger partial charge in [0.15, 0.2) is 0 Å². The summed E-state index contributed by atoms with van der Waals surface area (Å²) in [5.41, 5.74) is 2.83. The van der Waals surface area contributed by atoms with E-state index in [0.29, 0.717) is 42.0 Å². The highest BCUT2D eigenvalue weighted by Gasteiger charge is 2.32. The summed E-state index contributed by atoms with van der Waals surface area (Å²) in [6.45, 7) is 0.887. The molecule has 1 aliphatic rings. The van der Waals surface area contributed by atoms with Gasteiger partial charge in [0.2, 0.25) is 0 Å². The minimum absolute atomic E-state index is 0.0639. The molecule has 2 aromatic rings. The van der Waals surface area contributed by atoms with E-state index in [1.807, 2.05) is 30.3 Å². The topological polar surface area (TPSA) is 70.0 Å². The van der Waals surface area contributed by atoms with Crippen molar-refractivity contribution in [1.82, 2.24) is 4.90 Å². The molecule has 0 fully saturated rings. The zero-order valence-electron chi connectivity index (χ0n) is 13.7. The lowest BCUT2D eigenvalue weighted by atomic mass is 10.0. The fourth-order valence-corrected chi connectivity index (χ4v) is 3.14. The summed E-state index contributed by atoms with van der Waals surface area (Å²) >= 11 is 0. The number of carbonyl (C=O) groups excluding carboxylic acids is 1. The summed E-state index contributed by atoms with van der Waals surface area (Å²) in [7, 11) is 1.49. The number of aromatic hydroxyl groups is 1. The standard InChI is InChI=1S/C19H21NO4/c1-24-17-11-15-16(18(22)14(17)8-10-21)12-20(19(15)23)9-7-13-5-3-2-4-6-13/h2-6,11,21-22H,7-10,12H2,1H3. The summed E-state index contributed by atoms with van der Waals surface area (Å²) in [4.78, 5) is 14.4. The summed E-state index contributed by atoms with van der Waals surface area (Å²) in [5, 5.41) is 19.7. The van der Waals surface area contributed by atoms with Crippen molar-refractivity contribution in [2.45, 2.75) is 19.4 Å². The molecule has 1 aliphatic heterocycles. The fraction of sp³-hybridized carbons (Fsp3) is 0.316. The molecular weight excluding hydrogens is 306 g/mol. The van der Waals surface area contributed by atoms with Crippen molar-refractivity contribution in [1.29, 1.82) is 0 Å². The van der Waals surface area contributed by atoms with Crippen LogP contribution in [0.15, 0.2) is 36.4 Å². The number of carbonyl (C=O) groups is 1. The smallest absolute Gasteiger partial charge is 0.254 e. The Labute approximate surface area is 141 Å². The van der Waals surface area contributed by atoms with Gasteiger partial charge >= 0.3 is 0 Å². The van der Waals surface area contributed by atoms with Crippen molar-refractivity contribution in [2.24, 2.45) is 0 Å². The van der Waals surface area contributed by atoms with Gasteiger partial charge in [-0.3, -0.25) is 4.79 Å². The molecule has 1 heterocycles. The highest BCUT2D eigenvalue weighted by molar-refractivity contribution is 6.00. The number of phenols is 1. The summed E-state index contributed by atoms with van der Waals surface area (Å²) in [5.74, 6) is 0.414. The lowest BCUT2D eigenvalue weighted by Gasteiger charge is -2.15. The van der Waals surface area contributed by atoms with Crippen LogP contribution in [-0.2, 0) is 19.4 Å². The fourth-order valence-electron chi connectivity index (χ4n) is 3.14. The van der Waals surface area contributed by atoms with Crippen molar-refractivity contribution in [3.63, 3.8) is 0 Å². The molecule has 2 aromatic carbocycles. The predicted molar refractivity (Wildman–Crippen MR) is 90.3 cm³/mol. The third-order valence-corrected chi connectivity index (χ3v) is 4.43. The molecule has 24 heavy (non-hydrogen) atoms. The van der Waals surface area contributed by atoms with Gasteiger partial charge in [0.1, 0.15) is 11.5 Å². The number of rotatable bonds is 6. The van der Waals surface area contributed by atoms with Crippen molar-refractivity contribution in [3.05, 3.63) is 58.7 Å². The molecule has 2 N–H and O–H groups in total. The van der Waals surface area contributed by atoms with Crippen molar-refractivity contribution < 1.29 is 19.7 Å². The second kappa shape index (κ2) is 6.93. The number of methoxy groups -OCH3 is 1. The number of nitrogens with zero attached hydrogens (tertiary/aromatic N) is 1. The van der Waals surface area contributed by atoms with Gasteiger partial charge in [-0.15, -0.1) is 0 Å². The van der Waals surface area contributed by atoms with E-state index in [9.17, 15) is 15.0 Å². The van der Waals surface area contributed by atoms with E-state index < -0.39 is 0 Å². The first-order chi connectivity index (χ1) is 11.7. The van der Waals surface area contributed by atoms with Gasteiger partial charge in [-0.2, -0.15) is 0 Å². The molecule has 0 radical (unpaired) electrons. The number of ether oxygens (including phenoxy) is 1. The third-order valence-electron chi connectivity index (χ3n) is 4.43. The van der Waals surface area contributed by atoms with Crippen molar-refractivity contribution in [2.75, 3.05) is 20.3 Å². The lowest BCUT2D eigenvalue weighted by Crippen LogP contribution is -2.26. The average molecular weight is 327 g/mol. The minimum atomic E-state index is -0.0925. The maximum Gasteiger partial charge on any atom is 0.254 e. The van der Waals surface area contributed by atoms with Crippen molar-refractivity contribution in [3.8, 4) is 11.5 Å². The van der Waals surface area contributed by atoms with Gasteiger partial charge in [-0.25, -0.2) is 0 Å². The van der Waals surface area contributed by atoms with Gasteiger partial charge in [0.25, 0.3) is 5.91 Å². The molecule has 3 rings (SSSR count). The number of hydrogen-bond acceptors (Lipinski definition) is 4. The molecule has 0 saturated carbocycles. The molecule has 5 nitrogen and oxygen atoms in total. The van der Waals surface area contributed by atoms with E-state index in [0.717, 1.165) is 6.42 Å². The number of amides is 1. The normalized spacial score (nSPS) is 13.2. The number of phenolic OH excluding ortho intramolecular Hbond substituents is 1. The molecule has 1 amide bonds. The number of fused-ring (bicyclic) bond motifs is 1. The Hall–Kier alpha value is -2.53. The first-order valence-corrected chi connectivity index (χ1v) is 8.01. The maximum atomic E-state index is 12.6. The van der Waals surface area contributed by atoms with E-state index in [-0.39, 0.29) is 18.3 Å². The quantitative estimate of drug-likeness (QED) is 0.853. The average Bonchev–Trinajstić information content (AvgIpc) is 2.93. The van der Waals surface area contributed by atoms with Crippen LogP contribution >= 0.6 is 0 Å². The first-order valence-electron chi connectivity index (χ1n) is 8.01. The van der Waals surface area contributed by atoms with E-state index in [4.69, 9.17) is 4.74 Å². The van der Waals surface area contributed by atoms with E-state index in [1.165, 1.54) is 12.7 Å². The first kappa shape index (κ1) is 16.3. The molecule has 0 unspecified atom stereocenters. The zero-order chi connectivity index (χ0) is 17.1. The predicted octanol–water partition coefficient (Wildman–Crippen LogP) is 2.13. The molecule has 0 atom stereocenters. The van der Waals surface area contributed by atoms with Crippen LogP contribution in [0.2, 0.25) is 0 Å². The van der Waals surface area contributed by atoms with Crippen LogP contribution in [0.4, 0.5) is 0 Å². The van der Waals surface area contributed by atoms with Gasteiger partial charge in [0.05, 0.1) is 19.2 Å². The molecule has 0 aliphatic carbocycles. The van der Waals surface area contributed by atoms with Crippen LogP contribution in [0, 0.1) is 0 Å². The second-order valence-electron chi connectivity index (χ2n) is 5.87. The van der Waals surface area contributed by atoms with Crippen LogP contribution in [0.25, 0.3) is 0 Å². The minimum Gasteiger partial charge on any atom is -0.507 e. The number of benzene rings is 2. The molecule has 0 spiro atoms. The Balaban J connectivity index is 1.83. The van der Waals surface area contributed by atoms with Crippen LogP contribution in [-0.4, -0.2) is 41.3 Å². The number of aliphatic hydroxyl groups excluding tert-OH is 1. The Bertz CT molecular complexity index is 743. The van der Waals surface area contributed by atoms with Gasteiger partial charge < -0.3 is 19.8 Å². The maximum absolute atomic E-state index is 12.6. The highest BCUT2D eigenvalue weighted by atomic mass is 16.5. The van der Waals surface area contributed by atoms with Crippen molar-refractivity contribution >= 4 is 5.91 Å². The Kier molecular flexibility index (Phi) is 4.71. The molecule has 0 saturated heterocycles. The molecule has 126 valence electrons. The highest BCUT2D eigenvalue weighted by Crippen LogP contribution is 2.39. The Morgan fingerprint density at radius 1 is 1.21 bits per heavy atom. The number of hydrogen-bond donors (Lipinski definition) is 2. The van der Waals surface area contributed by atoms with E-state index >= 15 is 0 Å². The number of aliphatic hydroxyl groups is 1. The SMILES string of the molecule is COc1cc2c(c(O)c1CCO)CN(CCc1ccccc1)C2=O. The van der Waals surface area contributed by atoms with Crippen LogP contribution in [0.5, 0.6) is 11.5 Å². The van der Waals surface area contributed by atoms with E-state index in [1.54, 1.807) is 11.0 Å². The summed E-state index contributed by atoms with van der Waals surface area (Å²) in [6, 6.07) is 11.7. The largest absolute Gasteiger partial charge is 0.507 e. The van der Waals surface area contributed by atoms with Gasteiger partial charge in [0, 0.05) is 30.7 Å². The van der Waals surface area contributed by atoms with E-state index in [2.05, 4.69) is 0 Å². The van der Waals surface area contributed by atoms with Crippen LogP contribution in [0.3, 0.4) is 0 Å².